The number of esters is 1. The number of halogens is 1. The Kier molecular flexibility index (Phi) is 4.58. The number of aromatic nitrogens is 2. The van der Waals surface area contributed by atoms with E-state index in [9.17, 15) is 4.79 Å². The quantitative estimate of drug-likeness (QED) is 0.635. The topological polar surface area (TPSA) is 70.5 Å². The molecule has 138 valence electrons. The molecule has 0 atom stereocenters. The Balaban J connectivity index is 1.52. The molecule has 0 aliphatic carbocycles. The van der Waals surface area contributed by atoms with Crippen LogP contribution < -0.4 is 9.47 Å². The standard InChI is InChI=1S/C20H17ClN2O4/c1-11-12(2)23-17-9-14(3-4-16(17)22-11)20(24)27-10-13-7-15(21)19-18(8-13)25-5-6-26-19/h3-4,7-9H,5-6,10H2,1-2H3. The first kappa shape index (κ1) is 17.5. The molecule has 27 heavy (non-hydrogen) atoms. The maximum Gasteiger partial charge on any atom is 0.338 e. The molecule has 1 aromatic heterocycles. The van der Waals surface area contributed by atoms with Crippen LogP contribution in [-0.4, -0.2) is 29.2 Å². The first-order valence-electron chi connectivity index (χ1n) is 8.51. The van der Waals surface area contributed by atoms with Crippen LogP contribution in [0.4, 0.5) is 0 Å². The number of carbonyl (C=O) groups is 1. The fourth-order valence-corrected chi connectivity index (χ4v) is 3.13. The average Bonchev–Trinajstić information content (AvgIpc) is 2.67. The molecule has 0 amide bonds. The van der Waals surface area contributed by atoms with E-state index in [1.165, 1.54) is 0 Å². The Morgan fingerprint density at radius 2 is 1.81 bits per heavy atom. The van der Waals surface area contributed by atoms with Gasteiger partial charge in [0, 0.05) is 0 Å². The zero-order chi connectivity index (χ0) is 19.0. The highest BCUT2D eigenvalue weighted by molar-refractivity contribution is 6.32. The van der Waals surface area contributed by atoms with Crippen molar-refractivity contribution in [2.45, 2.75) is 20.5 Å². The van der Waals surface area contributed by atoms with E-state index < -0.39 is 5.97 Å². The Morgan fingerprint density at radius 1 is 1.07 bits per heavy atom. The molecule has 0 saturated heterocycles. The van der Waals surface area contributed by atoms with Gasteiger partial charge < -0.3 is 14.2 Å². The summed E-state index contributed by atoms with van der Waals surface area (Å²) in [7, 11) is 0. The lowest BCUT2D eigenvalue weighted by atomic mass is 10.1. The van der Waals surface area contributed by atoms with Crippen LogP contribution in [0, 0.1) is 13.8 Å². The van der Waals surface area contributed by atoms with Crippen molar-refractivity contribution >= 4 is 28.6 Å². The molecule has 4 rings (SSSR count). The lowest BCUT2D eigenvalue weighted by molar-refractivity contribution is 0.0472. The Labute approximate surface area is 161 Å². The van der Waals surface area contributed by atoms with Gasteiger partial charge in [-0.25, -0.2) is 14.8 Å². The van der Waals surface area contributed by atoms with Gasteiger partial charge in [0.25, 0.3) is 0 Å². The summed E-state index contributed by atoms with van der Waals surface area (Å²) in [4.78, 5) is 21.4. The summed E-state index contributed by atoms with van der Waals surface area (Å²) in [6.07, 6.45) is 0. The second kappa shape index (κ2) is 7.04. The first-order valence-corrected chi connectivity index (χ1v) is 8.89. The molecule has 0 unspecified atom stereocenters. The average molecular weight is 385 g/mol. The number of fused-ring (bicyclic) bond motifs is 2. The number of hydrogen-bond donors (Lipinski definition) is 0. The minimum Gasteiger partial charge on any atom is -0.486 e. The summed E-state index contributed by atoms with van der Waals surface area (Å²) in [5, 5.41) is 0.435. The van der Waals surface area contributed by atoms with Crippen LogP contribution in [-0.2, 0) is 11.3 Å². The lowest BCUT2D eigenvalue weighted by Gasteiger charge is -2.20. The number of ether oxygens (including phenoxy) is 3. The van der Waals surface area contributed by atoms with E-state index in [0.717, 1.165) is 22.5 Å². The van der Waals surface area contributed by atoms with Gasteiger partial charge in [-0.1, -0.05) is 11.6 Å². The summed E-state index contributed by atoms with van der Waals surface area (Å²) < 4.78 is 16.4. The Morgan fingerprint density at radius 3 is 2.63 bits per heavy atom. The Bertz CT molecular complexity index is 1050. The predicted molar refractivity (Wildman–Crippen MR) is 101 cm³/mol. The third kappa shape index (κ3) is 3.53. The molecular weight excluding hydrogens is 368 g/mol. The summed E-state index contributed by atoms with van der Waals surface area (Å²) >= 11 is 6.21. The fraction of sp³-hybridized carbons (Fsp3) is 0.250. The minimum absolute atomic E-state index is 0.0752. The number of carbonyl (C=O) groups excluding carboxylic acids is 1. The maximum atomic E-state index is 12.4. The van der Waals surface area contributed by atoms with Gasteiger partial charge in [0.2, 0.25) is 0 Å². The Hall–Kier alpha value is -2.86. The molecule has 0 bridgehead atoms. The summed E-state index contributed by atoms with van der Waals surface area (Å²) in [5.74, 6) is 0.645. The van der Waals surface area contributed by atoms with E-state index in [0.29, 0.717) is 40.8 Å². The van der Waals surface area contributed by atoms with Gasteiger partial charge in [0.05, 0.1) is 33.0 Å². The SMILES string of the molecule is Cc1nc2ccc(C(=O)OCc3cc(Cl)c4c(c3)OCCO4)cc2nc1C. The summed E-state index contributed by atoms with van der Waals surface area (Å²) in [6.45, 7) is 4.79. The van der Waals surface area contributed by atoms with Crippen LogP contribution in [0.2, 0.25) is 5.02 Å². The smallest absolute Gasteiger partial charge is 0.338 e. The number of hydrogen-bond acceptors (Lipinski definition) is 6. The molecule has 3 aromatic rings. The molecule has 7 heteroatoms. The van der Waals surface area contributed by atoms with Crippen molar-refractivity contribution in [2.75, 3.05) is 13.2 Å². The first-order chi connectivity index (χ1) is 13.0. The van der Waals surface area contributed by atoms with Crippen molar-refractivity contribution in [3.05, 3.63) is 57.9 Å². The van der Waals surface area contributed by atoms with E-state index >= 15 is 0 Å². The molecule has 1 aliphatic rings. The number of benzene rings is 2. The van der Waals surface area contributed by atoms with E-state index in [-0.39, 0.29) is 6.61 Å². The van der Waals surface area contributed by atoms with Gasteiger partial charge in [0.1, 0.15) is 19.8 Å². The summed E-state index contributed by atoms with van der Waals surface area (Å²) in [5.41, 5.74) is 4.25. The van der Waals surface area contributed by atoms with E-state index in [1.54, 1.807) is 30.3 Å². The van der Waals surface area contributed by atoms with Crippen LogP contribution in [0.15, 0.2) is 30.3 Å². The van der Waals surface area contributed by atoms with Gasteiger partial charge in [-0.15, -0.1) is 0 Å². The largest absolute Gasteiger partial charge is 0.486 e. The molecule has 2 aromatic carbocycles. The fourth-order valence-electron chi connectivity index (χ4n) is 2.84. The van der Waals surface area contributed by atoms with E-state index in [4.69, 9.17) is 25.8 Å². The molecule has 0 saturated carbocycles. The third-order valence-corrected chi connectivity index (χ3v) is 4.62. The van der Waals surface area contributed by atoms with Gasteiger partial charge in [-0.3, -0.25) is 0 Å². The normalized spacial score (nSPS) is 12.9. The molecular formula is C20H17ClN2O4. The van der Waals surface area contributed by atoms with Crippen LogP contribution in [0.1, 0.15) is 27.3 Å². The molecule has 0 spiro atoms. The van der Waals surface area contributed by atoms with Crippen LogP contribution in [0.3, 0.4) is 0 Å². The minimum atomic E-state index is -0.442. The molecule has 0 radical (unpaired) electrons. The zero-order valence-corrected chi connectivity index (χ0v) is 15.7. The molecule has 1 aliphatic heterocycles. The zero-order valence-electron chi connectivity index (χ0n) is 14.9. The van der Waals surface area contributed by atoms with Crippen molar-refractivity contribution in [1.29, 1.82) is 0 Å². The second-order valence-electron chi connectivity index (χ2n) is 6.28. The van der Waals surface area contributed by atoms with Crippen LogP contribution in [0.5, 0.6) is 11.5 Å². The van der Waals surface area contributed by atoms with E-state index in [1.807, 2.05) is 13.8 Å². The van der Waals surface area contributed by atoms with E-state index in [2.05, 4.69) is 9.97 Å². The highest BCUT2D eigenvalue weighted by atomic mass is 35.5. The number of nitrogens with zero attached hydrogens (tertiary/aromatic N) is 2. The number of aryl methyl sites for hydroxylation is 2. The third-order valence-electron chi connectivity index (χ3n) is 4.34. The van der Waals surface area contributed by atoms with Crippen molar-refractivity contribution in [3.8, 4) is 11.5 Å². The van der Waals surface area contributed by atoms with Gasteiger partial charge in [0.15, 0.2) is 11.5 Å². The van der Waals surface area contributed by atoms with Gasteiger partial charge >= 0.3 is 5.97 Å². The van der Waals surface area contributed by atoms with Crippen molar-refractivity contribution in [3.63, 3.8) is 0 Å². The second-order valence-corrected chi connectivity index (χ2v) is 6.68. The lowest BCUT2D eigenvalue weighted by Crippen LogP contribution is -2.16. The van der Waals surface area contributed by atoms with Crippen LogP contribution >= 0.6 is 11.6 Å². The molecule has 6 nitrogen and oxygen atoms in total. The predicted octanol–water partition coefficient (Wildman–Crippen LogP) is 4.03. The number of rotatable bonds is 3. The van der Waals surface area contributed by atoms with Crippen molar-refractivity contribution < 1.29 is 19.0 Å². The van der Waals surface area contributed by atoms with Crippen LogP contribution in [0.25, 0.3) is 11.0 Å². The van der Waals surface area contributed by atoms with Crippen molar-refractivity contribution in [2.24, 2.45) is 0 Å². The highest BCUT2D eigenvalue weighted by Crippen LogP contribution is 2.38. The van der Waals surface area contributed by atoms with Crippen molar-refractivity contribution in [1.82, 2.24) is 9.97 Å². The monoisotopic (exact) mass is 384 g/mol. The molecule has 0 N–H and O–H groups in total. The molecule has 0 fully saturated rings. The summed E-state index contributed by atoms with van der Waals surface area (Å²) in [6, 6.07) is 8.62. The highest BCUT2D eigenvalue weighted by Gasteiger charge is 2.17. The molecule has 2 heterocycles. The van der Waals surface area contributed by atoms with Gasteiger partial charge in [-0.2, -0.15) is 0 Å². The maximum absolute atomic E-state index is 12.4. The van der Waals surface area contributed by atoms with Gasteiger partial charge in [-0.05, 0) is 49.7 Å².